The van der Waals surface area contributed by atoms with Gasteiger partial charge in [-0.2, -0.15) is 0 Å². The van der Waals surface area contributed by atoms with Crippen molar-refractivity contribution >= 4 is 0 Å². The summed E-state index contributed by atoms with van der Waals surface area (Å²) in [6.07, 6.45) is 11.9. The fourth-order valence-corrected chi connectivity index (χ4v) is 3.12. The smallest absolute Gasteiger partial charge is 0.0207 e. The summed E-state index contributed by atoms with van der Waals surface area (Å²) in [5, 5.41) is 0. The minimum atomic E-state index is 1.01. The normalized spacial score (nSPS) is 38.8. The van der Waals surface area contributed by atoms with E-state index < -0.39 is 0 Å². The van der Waals surface area contributed by atoms with Gasteiger partial charge in [0.25, 0.3) is 0 Å². The third-order valence-corrected chi connectivity index (χ3v) is 3.88. The van der Waals surface area contributed by atoms with Crippen LogP contribution in [0.2, 0.25) is 0 Å². The Morgan fingerprint density at radius 2 is 1.58 bits per heavy atom. The zero-order chi connectivity index (χ0) is 8.39. The molecule has 0 N–H and O–H groups in total. The molecule has 69 valence electrons. The number of hydrogen-bond donors (Lipinski definition) is 0. The molecule has 0 amide bonds. The van der Waals surface area contributed by atoms with Crippen LogP contribution in [0.3, 0.4) is 0 Å². The average molecular weight is 165 g/mol. The van der Waals surface area contributed by atoms with Crippen molar-refractivity contribution in [3.63, 3.8) is 0 Å². The molecule has 0 aromatic carbocycles. The minimum absolute atomic E-state index is 1.01. The van der Waals surface area contributed by atoms with Crippen molar-refractivity contribution in [2.75, 3.05) is 0 Å². The van der Waals surface area contributed by atoms with Gasteiger partial charge in [0.2, 0.25) is 0 Å². The Morgan fingerprint density at radius 1 is 0.917 bits per heavy atom. The van der Waals surface area contributed by atoms with Crippen LogP contribution in [0.4, 0.5) is 0 Å². The van der Waals surface area contributed by atoms with Gasteiger partial charge in [0.15, 0.2) is 0 Å². The van der Waals surface area contributed by atoms with E-state index in [1.54, 1.807) is 0 Å². The Hall–Kier alpha value is 0. The molecule has 0 heterocycles. The van der Waals surface area contributed by atoms with Gasteiger partial charge in [0.1, 0.15) is 0 Å². The van der Waals surface area contributed by atoms with Crippen molar-refractivity contribution < 1.29 is 0 Å². The molecule has 12 heavy (non-hydrogen) atoms. The lowest BCUT2D eigenvalue weighted by atomic mass is 9.73. The molecule has 0 bridgehead atoms. The molecule has 0 aliphatic heterocycles. The fourth-order valence-electron chi connectivity index (χ4n) is 3.12. The first-order valence-electron chi connectivity index (χ1n) is 5.72. The summed E-state index contributed by atoms with van der Waals surface area (Å²) >= 11 is 0. The molecule has 2 aliphatic rings. The molecule has 0 spiro atoms. The van der Waals surface area contributed by atoms with E-state index in [2.05, 4.69) is 6.92 Å². The third-order valence-electron chi connectivity index (χ3n) is 3.88. The van der Waals surface area contributed by atoms with Crippen LogP contribution in [-0.4, -0.2) is 0 Å². The predicted molar refractivity (Wildman–Crippen MR) is 52.8 cm³/mol. The highest BCUT2D eigenvalue weighted by Gasteiger charge is 2.30. The Labute approximate surface area is 76.7 Å². The maximum absolute atomic E-state index is 2.47. The monoisotopic (exact) mass is 165 g/mol. The lowest BCUT2D eigenvalue weighted by Gasteiger charge is -2.33. The van der Waals surface area contributed by atoms with Gasteiger partial charge < -0.3 is 0 Å². The van der Waals surface area contributed by atoms with E-state index in [0.717, 1.165) is 11.8 Å². The summed E-state index contributed by atoms with van der Waals surface area (Å²) in [5.74, 6) is 3.97. The molecule has 1 radical (unpaired) electrons. The first kappa shape index (κ1) is 8.59. The van der Waals surface area contributed by atoms with Crippen LogP contribution >= 0.6 is 0 Å². The Balaban J connectivity index is 1.91. The molecule has 2 saturated carbocycles. The SMILES string of the molecule is CC1CCCCC1[C]1CCCC1. The average Bonchev–Trinajstić information content (AvgIpc) is 2.57. The van der Waals surface area contributed by atoms with Crippen molar-refractivity contribution in [1.29, 1.82) is 0 Å². The third kappa shape index (κ3) is 1.67. The van der Waals surface area contributed by atoms with Crippen LogP contribution in [0, 0.1) is 17.8 Å². The van der Waals surface area contributed by atoms with E-state index in [4.69, 9.17) is 0 Å². The van der Waals surface area contributed by atoms with Gasteiger partial charge in [-0.05, 0) is 37.0 Å². The van der Waals surface area contributed by atoms with Crippen LogP contribution in [0.25, 0.3) is 0 Å². The van der Waals surface area contributed by atoms with E-state index in [0.29, 0.717) is 0 Å². The highest BCUT2D eigenvalue weighted by atomic mass is 14.4. The summed E-state index contributed by atoms with van der Waals surface area (Å²) in [4.78, 5) is 0. The quantitative estimate of drug-likeness (QED) is 0.551. The molecule has 2 aliphatic carbocycles. The lowest BCUT2D eigenvalue weighted by molar-refractivity contribution is 0.260. The highest BCUT2D eigenvalue weighted by molar-refractivity contribution is 5.02. The first-order valence-corrected chi connectivity index (χ1v) is 5.72. The van der Waals surface area contributed by atoms with Crippen LogP contribution in [-0.2, 0) is 0 Å². The summed E-state index contributed by atoms with van der Waals surface area (Å²) < 4.78 is 0. The maximum atomic E-state index is 2.47. The van der Waals surface area contributed by atoms with E-state index in [1.807, 2.05) is 5.92 Å². The highest BCUT2D eigenvalue weighted by Crippen LogP contribution is 2.43. The molecule has 2 rings (SSSR count). The summed E-state index contributed by atoms with van der Waals surface area (Å²) in [6.45, 7) is 2.47. The molecule has 0 saturated heterocycles. The van der Waals surface area contributed by atoms with Gasteiger partial charge >= 0.3 is 0 Å². The van der Waals surface area contributed by atoms with Gasteiger partial charge in [-0.1, -0.05) is 39.0 Å². The molecule has 2 fully saturated rings. The molecular formula is C12H21. The predicted octanol–water partition coefficient (Wildman–Crippen LogP) is 3.96. The van der Waals surface area contributed by atoms with Gasteiger partial charge in [-0.25, -0.2) is 0 Å². The second kappa shape index (κ2) is 3.81. The van der Waals surface area contributed by atoms with Crippen LogP contribution in [0.5, 0.6) is 0 Å². The van der Waals surface area contributed by atoms with Crippen molar-refractivity contribution in [2.45, 2.75) is 58.3 Å². The molecular weight excluding hydrogens is 144 g/mol. The molecule has 0 aromatic rings. The first-order chi connectivity index (χ1) is 5.88. The largest absolute Gasteiger partial charge is 0.0622 e. The van der Waals surface area contributed by atoms with Gasteiger partial charge in [-0.3, -0.25) is 0 Å². The van der Waals surface area contributed by atoms with E-state index >= 15 is 0 Å². The zero-order valence-electron chi connectivity index (χ0n) is 8.31. The number of rotatable bonds is 1. The second-order valence-corrected chi connectivity index (χ2v) is 4.73. The van der Waals surface area contributed by atoms with Crippen molar-refractivity contribution in [1.82, 2.24) is 0 Å². The van der Waals surface area contributed by atoms with E-state index in [9.17, 15) is 0 Å². The fraction of sp³-hybridized carbons (Fsp3) is 0.917. The topological polar surface area (TPSA) is 0 Å². The lowest BCUT2D eigenvalue weighted by Crippen LogP contribution is -2.21. The molecule has 0 nitrogen and oxygen atoms in total. The zero-order valence-corrected chi connectivity index (χ0v) is 8.31. The summed E-state index contributed by atoms with van der Waals surface area (Å²) in [5.41, 5.74) is 0. The Kier molecular flexibility index (Phi) is 2.73. The second-order valence-electron chi connectivity index (χ2n) is 4.73. The Morgan fingerprint density at radius 3 is 2.25 bits per heavy atom. The van der Waals surface area contributed by atoms with Crippen LogP contribution in [0.1, 0.15) is 58.3 Å². The van der Waals surface area contributed by atoms with Gasteiger partial charge in [-0.15, -0.1) is 0 Å². The molecule has 2 atom stereocenters. The van der Waals surface area contributed by atoms with Crippen molar-refractivity contribution in [3.05, 3.63) is 5.92 Å². The Bertz CT molecular complexity index is 133. The van der Waals surface area contributed by atoms with Gasteiger partial charge in [0.05, 0.1) is 0 Å². The van der Waals surface area contributed by atoms with Gasteiger partial charge in [0, 0.05) is 0 Å². The molecule has 0 heteroatoms. The van der Waals surface area contributed by atoms with Crippen molar-refractivity contribution in [3.8, 4) is 0 Å². The van der Waals surface area contributed by atoms with E-state index in [-0.39, 0.29) is 0 Å². The molecule has 2 unspecified atom stereocenters. The number of hydrogen-bond acceptors (Lipinski definition) is 0. The molecule has 0 aromatic heterocycles. The standard InChI is InChI=1S/C12H21/c1-10-6-2-5-9-12(10)11-7-3-4-8-11/h10,12H,2-9H2,1H3. The van der Waals surface area contributed by atoms with Crippen molar-refractivity contribution in [2.24, 2.45) is 11.8 Å². The van der Waals surface area contributed by atoms with Crippen LogP contribution in [0.15, 0.2) is 0 Å². The minimum Gasteiger partial charge on any atom is -0.0622 e. The van der Waals surface area contributed by atoms with Crippen LogP contribution < -0.4 is 0 Å². The summed E-state index contributed by atoms with van der Waals surface area (Å²) in [7, 11) is 0. The summed E-state index contributed by atoms with van der Waals surface area (Å²) in [6, 6.07) is 0. The van der Waals surface area contributed by atoms with E-state index in [1.165, 1.54) is 51.4 Å². The maximum Gasteiger partial charge on any atom is -0.0207 e.